The highest BCUT2D eigenvalue weighted by Crippen LogP contribution is 2.44. The van der Waals surface area contributed by atoms with Crippen molar-refractivity contribution in [2.75, 3.05) is 20.3 Å². The lowest BCUT2D eigenvalue weighted by Crippen LogP contribution is -2.60. The molecule has 8 heteroatoms. The van der Waals surface area contributed by atoms with Gasteiger partial charge in [0.15, 0.2) is 11.4 Å². The number of amides is 1. The number of hydrogen-bond acceptors (Lipinski definition) is 7. The number of hydrogen-bond donors (Lipinski definition) is 1. The first-order valence-electron chi connectivity index (χ1n) is 12.7. The summed E-state index contributed by atoms with van der Waals surface area (Å²) in [5, 5.41) is 12.5. The highest BCUT2D eigenvalue weighted by Gasteiger charge is 2.58. The second-order valence-electron chi connectivity index (χ2n) is 10.1. The molecule has 8 nitrogen and oxygen atoms in total. The van der Waals surface area contributed by atoms with Crippen LogP contribution in [-0.4, -0.2) is 55.9 Å². The van der Waals surface area contributed by atoms with Crippen LogP contribution in [0.5, 0.6) is 0 Å². The van der Waals surface area contributed by atoms with E-state index in [0.717, 1.165) is 16.7 Å². The first kappa shape index (κ1) is 27.2. The van der Waals surface area contributed by atoms with Crippen molar-refractivity contribution in [2.24, 2.45) is 0 Å². The number of nitrogens with one attached hydrogen (secondary N) is 1. The average Bonchev–Trinajstić information content (AvgIpc) is 3.20. The van der Waals surface area contributed by atoms with Crippen LogP contribution in [0.1, 0.15) is 48.9 Å². The third-order valence-electron chi connectivity index (χ3n) is 7.01. The van der Waals surface area contributed by atoms with Crippen molar-refractivity contribution in [3.8, 4) is 6.07 Å². The fraction of sp³-hybridized carbons (Fsp3) is 0.517. The number of carbonyl (C=O) groups is 1. The summed E-state index contributed by atoms with van der Waals surface area (Å²) in [6, 6.07) is 17.5. The molecule has 1 heterocycles. The SMILES string of the molecule is COCCNC(=O)[C@@]1(OCc2ccccc2C)C[C@H](OCc2ccccc2C#N)[C@@H]2OC(C)(C)O[C@@H]2C1. The lowest BCUT2D eigenvalue weighted by atomic mass is 9.78. The van der Waals surface area contributed by atoms with Crippen molar-refractivity contribution in [1.82, 2.24) is 5.32 Å². The number of nitriles is 1. The quantitative estimate of drug-likeness (QED) is 0.488. The van der Waals surface area contributed by atoms with Gasteiger partial charge in [0, 0.05) is 26.5 Å². The second kappa shape index (κ2) is 11.7. The van der Waals surface area contributed by atoms with E-state index in [9.17, 15) is 10.1 Å². The topological polar surface area (TPSA) is 99.0 Å². The zero-order valence-corrected chi connectivity index (χ0v) is 22.0. The van der Waals surface area contributed by atoms with E-state index in [4.69, 9.17) is 23.7 Å². The van der Waals surface area contributed by atoms with Gasteiger partial charge in [0.05, 0.1) is 43.7 Å². The molecule has 1 aliphatic carbocycles. The Balaban J connectivity index is 1.62. The van der Waals surface area contributed by atoms with Crippen molar-refractivity contribution in [2.45, 2.75) is 76.5 Å². The smallest absolute Gasteiger partial charge is 0.252 e. The maximum absolute atomic E-state index is 13.7. The van der Waals surface area contributed by atoms with Gasteiger partial charge in [-0.3, -0.25) is 4.79 Å². The van der Waals surface area contributed by atoms with Crippen LogP contribution in [0.4, 0.5) is 0 Å². The van der Waals surface area contributed by atoms with Crippen molar-refractivity contribution in [3.05, 3.63) is 70.8 Å². The summed E-state index contributed by atoms with van der Waals surface area (Å²) >= 11 is 0. The van der Waals surface area contributed by atoms with Gasteiger partial charge in [-0.2, -0.15) is 5.26 Å². The van der Waals surface area contributed by atoms with E-state index in [2.05, 4.69) is 11.4 Å². The average molecular weight is 509 g/mol. The largest absolute Gasteiger partial charge is 0.383 e. The standard InChI is InChI=1S/C29H36N2O6/c1-20-9-5-6-11-22(20)19-35-29(27(32)31-13-14-33-4)15-24(26-25(16-29)36-28(2,3)37-26)34-18-23-12-8-7-10-21(23)17-30/h5-12,24-26H,13-16,18-19H2,1-4H3,(H,31,32)/t24-,25+,26-,29+/m0/s1. The number of carbonyl (C=O) groups excluding carboxylic acids is 1. The van der Waals surface area contributed by atoms with Crippen molar-refractivity contribution in [1.29, 1.82) is 5.26 Å². The first-order valence-corrected chi connectivity index (χ1v) is 12.7. The van der Waals surface area contributed by atoms with Crippen LogP contribution in [-0.2, 0) is 41.7 Å². The monoisotopic (exact) mass is 508 g/mol. The van der Waals surface area contributed by atoms with E-state index < -0.39 is 23.6 Å². The van der Waals surface area contributed by atoms with Crippen LogP contribution in [0.25, 0.3) is 0 Å². The summed E-state index contributed by atoms with van der Waals surface area (Å²) in [5.74, 6) is -1.05. The predicted octanol–water partition coefficient (Wildman–Crippen LogP) is 3.78. The van der Waals surface area contributed by atoms with Crippen molar-refractivity contribution < 1.29 is 28.5 Å². The Kier molecular flexibility index (Phi) is 8.63. The molecule has 0 bridgehead atoms. The molecule has 0 spiro atoms. The molecule has 1 saturated heterocycles. The fourth-order valence-electron chi connectivity index (χ4n) is 5.08. The van der Waals surface area contributed by atoms with Crippen LogP contribution in [0, 0.1) is 18.3 Å². The van der Waals surface area contributed by atoms with Gasteiger partial charge in [-0.15, -0.1) is 0 Å². The molecule has 0 unspecified atom stereocenters. The summed E-state index contributed by atoms with van der Waals surface area (Å²) in [4.78, 5) is 13.7. The van der Waals surface area contributed by atoms with Gasteiger partial charge >= 0.3 is 0 Å². The summed E-state index contributed by atoms with van der Waals surface area (Å²) in [6.07, 6.45) is -0.637. The Morgan fingerprint density at radius 1 is 1.08 bits per heavy atom. The summed E-state index contributed by atoms with van der Waals surface area (Å²) in [5.41, 5.74) is 2.24. The molecular formula is C29H36N2O6. The summed E-state index contributed by atoms with van der Waals surface area (Å²) in [7, 11) is 1.59. The molecule has 4 rings (SSSR count). The minimum absolute atomic E-state index is 0.209. The lowest BCUT2D eigenvalue weighted by molar-refractivity contribution is -0.183. The van der Waals surface area contributed by atoms with Crippen molar-refractivity contribution >= 4 is 5.91 Å². The highest BCUT2D eigenvalue weighted by atomic mass is 16.8. The highest BCUT2D eigenvalue weighted by molar-refractivity contribution is 5.85. The molecule has 2 aromatic carbocycles. The van der Waals surface area contributed by atoms with Gasteiger partial charge in [-0.1, -0.05) is 42.5 Å². The molecule has 1 saturated carbocycles. The van der Waals surface area contributed by atoms with Gasteiger partial charge in [-0.05, 0) is 43.5 Å². The molecule has 1 amide bonds. The fourth-order valence-corrected chi connectivity index (χ4v) is 5.08. The minimum Gasteiger partial charge on any atom is -0.383 e. The van der Waals surface area contributed by atoms with Crippen LogP contribution in [0.15, 0.2) is 48.5 Å². The molecule has 37 heavy (non-hydrogen) atoms. The molecule has 2 fully saturated rings. The van der Waals surface area contributed by atoms with Gasteiger partial charge < -0.3 is 29.0 Å². The molecule has 0 radical (unpaired) electrons. The Morgan fingerprint density at radius 2 is 1.81 bits per heavy atom. The molecule has 0 aromatic heterocycles. The Hall–Kier alpha value is -2.80. The lowest BCUT2D eigenvalue weighted by Gasteiger charge is -2.43. The van der Waals surface area contributed by atoms with Gasteiger partial charge in [0.1, 0.15) is 6.10 Å². The zero-order chi connectivity index (χ0) is 26.5. The number of fused-ring (bicyclic) bond motifs is 1. The maximum Gasteiger partial charge on any atom is 0.252 e. The number of aryl methyl sites for hydroxylation is 1. The van der Waals surface area contributed by atoms with Crippen LogP contribution >= 0.6 is 0 Å². The number of nitrogens with zero attached hydrogens (tertiary/aromatic N) is 1. The molecular weight excluding hydrogens is 472 g/mol. The normalized spacial score (nSPS) is 26.3. The van der Waals surface area contributed by atoms with Crippen LogP contribution in [0.3, 0.4) is 0 Å². The van der Waals surface area contributed by atoms with Crippen molar-refractivity contribution in [3.63, 3.8) is 0 Å². The van der Waals surface area contributed by atoms with E-state index in [0.29, 0.717) is 25.1 Å². The van der Waals surface area contributed by atoms with Gasteiger partial charge in [-0.25, -0.2) is 0 Å². The Morgan fingerprint density at radius 3 is 2.54 bits per heavy atom. The molecule has 4 atom stereocenters. The van der Waals surface area contributed by atoms with Crippen LogP contribution < -0.4 is 5.32 Å². The predicted molar refractivity (Wildman–Crippen MR) is 136 cm³/mol. The molecule has 1 aliphatic heterocycles. The second-order valence-corrected chi connectivity index (χ2v) is 10.1. The number of ether oxygens (including phenoxy) is 5. The molecule has 2 aromatic rings. The van der Waals surface area contributed by atoms with E-state index >= 15 is 0 Å². The number of rotatable bonds is 10. The summed E-state index contributed by atoms with van der Waals surface area (Å²) in [6.45, 7) is 6.99. The minimum atomic E-state index is -1.19. The Labute approximate surface area is 218 Å². The zero-order valence-electron chi connectivity index (χ0n) is 22.0. The molecule has 198 valence electrons. The third kappa shape index (κ3) is 6.38. The van der Waals surface area contributed by atoms with E-state index in [1.165, 1.54) is 0 Å². The van der Waals surface area contributed by atoms with Gasteiger partial charge in [0.25, 0.3) is 5.91 Å². The first-order chi connectivity index (χ1) is 17.8. The van der Waals surface area contributed by atoms with E-state index in [1.807, 2.05) is 63.2 Å². The number of methoxy groups -OCH3 is 1. The molecule has 1 N–H and O–H groups in total. The summed E-state index contributed by atoms with van der Waals surface area (Å²) < 4.78 is 30.5. The third-order valence-corrected chi connectivity index (χ3v) is 7.01. The van der Waals surface area contributed by atoms with E-state index in [-0.39, 0.29) is 31.6 Å². The van der Waals surface area contributed by atoms with Crippen LogP contribution in [0.2, 0.25) is 0 Å². The number of benzene rings is 2. The van der Waals surface area contributed by atoms with Gasteiger partial charge in [0.2, 0.25) is 0 Å². The molecule has 2 aliphatic rings. The Bertz CT molecular complexity index is 1130. The van der Waals surface area contributed by atoms with E-state index in [1.54, 1.807) is 13.2 Å². The maximum atomic E-state index is 13.7.